The predicted molar refractivity (Wildman–Crippen MR) is 54.5 cm³/mol. The van der Waals surface area contributed by atoms with Crippen molar-refractivity contribution in [3.05, 3.63) is 29.8 Å². The monoisotopic (exact) mass is 213 g/mol. The van der Waals surface area contributed by atoms with E-state index in [1.54, 1.807) is 12.1 Å². The molecule has 0 aliphatic heterocycles. The second kappa shape index (κ2) is 3.67. The molecule has 14 heavy (non-hydrogen) atoms. The summed E-state index contributed by atoms with van der Waals surface area (Å²) in [6.07, 6.45) is 1.14. The number of rotatable bonds is 2. The maximum absolute atomic E-state index is 11.1. The molecule has 6 heteroatoms. The van der Waals surface area contributed by atoms with Crippen LogP contribution in [0.25, 0.3) is 0 Å². The van der Waals surface area contributed by atoms with Crippen LogP contribution in [-0.2, 0) is 9.84 Å². The van der Waals surface area contributed by atoms with Gasteiger partial charge in [-0.2, -0.15) is 5.10 Å². The lowest BCUT2D eigenvalue weighted by atomic mass is 10.2. The Morgan fingerprint density at radius 3 is 2.14 bits per heavy atom. The van der Waals surface area contributed by atoms with Gasteiger partial charge in [0.1, 0.15) is 5.84 Å². The molecule has 0 aliphatic rings. The van der Waals surface area contributed by atoms with E-state index in [-0.39, 0.29) is 10.7 Å². The molecule has 0 unspecified atom stereocenters. The Morgan fingerprint density at radius 1 is 1.29 bits per heavy atom. The summed E-state index contributed by atoms with van der Waals surface area (Å²) in [7, 11) is -3.16. The van der Waals surface area contributed by atoms with Crippen LogP contribution >= 0.6 is 0 Å². The normalized spacial score (nSPS) is 12.8. The number of nitrogens with two attached hydrogens (primary N) is 2. The predicted octanol–water partition coefficient (Wildman–Crippen LogP) is -0.331. The van der Waals surface area contributed by atoms with E-state index in [2.05, 4.69) is 5.10 Å². The first-order valence-electron chi connectivity index (χ1n) is 3.79. The van der Waals surface area contributed by atoms with Gasteiger partial charge in [-0.3, -0.25) is 0 Å². The van der Waals surface area contributed by atoms with E-state index < -0.39 is 9.84 Å². The highest BCUT2D eigenvalue weighted by atomic mass is 32.2. The molecule has 76 valence electrons. The average Bonchev–Trinajstić information content (AvgIpc) is 2.15. The summed E-state index contributed by atoms with van der Waals surface area (Å²) in [5, 5.41) is 3.30. The van der Waals surface area contributed by atoms with Crippen LogP contribution in [0.5, 0.6) is 0 Å². The summed E-state index contributed by atoms with van der Waals surface area (Å²) in [5.74, 6) is 5.14. The van der Waals surface area contributed by atoms with Gasteiger partial charge >= 0.3 is 0 Å². The SMILES string of the molecule is CS(=O)(=O)c1ccc(C(N)=NN)cc1. The fourth-order valence-corrected chi connectivity index (χ4v) is 1.58. The zero-order chi connectivity index (χ0) is 10.8. The van der Waals surface area contributed by atoms with Crippen LogP contribution in [0.3, 0.4) is 0 Å². The average molecular weight is 213 g/mol. The van der Waals surface area contributed by atoms with E-state index in [1.165, 1.54) is 12.1 Å². The van der Waals surface area contributed by atoms with Gasteiger partial charge < -0.3 is 11.6 Å². The molecule has 1 aromatic rings. The van der Waals surface area contributed by atoms with Crippen molar-refractivity contribution < 1.29 is 8.42 Å². The van der Waals surface area contributed by atoms with Crippen molar-refractivity contribution in [3.63, 3.8) is 0 Å². The van der Waals surface area contributed by atoms with Crippen molar-refractivity contribution in [1.29, 1.82) is 0 Å². The van der Waals surface area contributed by atoms with Crippen molar-refractivity contribution in [1.82, 2.24) is 0 Å². The minimum absolute atomic E-state index is 0.171. The van der Waals surface area contributed by atoms with Gasteiger partial charge in [0.15, 0.2) is 9.84 Å². The molecule has 0 aliphatic carbocycles. The molecular formula is C8H11N3O2S. The molecule has 0 fully saturated rings. The van der Waals surface area contributed by atoms with E-state index in [4.69, 9.17) is 11.6 Å². The summed E-state index contributed by atoms with van der Waals surface area (Å²) in [6.45, 7) is 0. The zero-order valence-electron chi connectivity index (χ0n) is 7.64. The highest BCUT2D eigenvalue weighted by Gasteiger charge is 2.06. The Labute approximate surface area is 82.3 Å². The van der Waals surface area contributed by atoms with Crippen LogP contribution in [0, 0.1) is 0 Å². The van der Waals surface area contributed by atoms with Crippen LogP contribution < -0.4 is 11.6 Å². The van der Waals surface area contributed by atoms with E-state index >= 15 is 0 Å². The van der Waals surface area contributed by atoms with Crippen molar-refractivity contribution in [2.75, 3.05) is 6.26 Å². The maximum atomic E-state index is 11.1. The Morgan fingerprint density at radius 2 is 1.79 bits per heavy atom. The summed E-state index contributed by atoms with van der Waals surface area (Å²) >= 11 is 0. The third kappa shape index (κ3) is 2.23. The molecule has 0 heterocycles. The molecule has 4 N–H and O–H groups in total. The molecule has 5 nitrogen and oxygen atoms in total. The third-order valence-corrected chi connectivity index (χ3v) is 2.85. The van der Waals surface area contributed by atoms with Crippen LogP contribution in [-0.4, -0.2) is 20.5 Å². The number of sulfone groups is 1. The van der Waals surface area contributed by atoms with Crippen molar-refractivity contribution in [2.45, 2.75) is 4.90 Å². The summed E-state index contributed by atoms with van der Waals surface area (Å²) in [4.78, 5) is 0.242. The van der Waals surface area contributed by atoms with Crippen LogP contribution in [0.4, 0.5) is 0 Å². The summed E-state index contributed by atoms with van der Waals surface area (Å²) in [6, 6.07) is 6.04. The number of amidine groups is 1. The van der Waals surface area contributed by atoms with E-state index in [0.717, 1.165) is 6.26 Å². The first kappa shape index (κ1) is 10.5. The quantitative estimate of drug-likeness (QED) is 0.304. The number of benzene rings is 1. The van der Waals surface area contributed by atoms with Gasteiger partial charge in [-0.25, -0.2) is 8.42 Å². The van der Waals surface area contributed by atoms with Gasteiger partial charge in [0.05, 0.1) is 4.90 Å². The minimum atomic E-state index is -3.16. The van der Waals surface area contributed by atoms with Crippen molar-refractivity contribution in [2.24, 2.45) is 16.7 Å². The molecule has 0 aromatic heterocycles. The number of nitrogens with zero attached hydrogens (tertiary/aromatic N) is 1. The lowest BCUT2D eigenvalue weighted by Gasteiger charge is -2.00. The third-order valence-electron chi connectivity index (χ3n) is 1.72. The molecule has 0 bridgehead atoms. The molecule has 0 radical (unpaired) electrons. The maximum Gasteiger partial charge on any atom is 0.175 e. The number of hydrogen-bond donors (Lipinski definition) is 2. The van der Waals surface area contributed by atoms with Crippen molar-refractivity contribution in [3.8, 4) is 0 Å². The van der Waals surface area contributed by atoms with E-state index in [9.17, 15) is 8.42 Å². The van der Waals surface area contributed by atoms with E-state index in [0.29, 0.717) is 5.56 Å². The molecule has 0 saturated heterocycles. The van der Waals surface area contributed by atoms with Crippen LogP contribution in [0.1, 0.15) is 5.56 Å². The minimum Gasteiger partial charge on any atom is -0.382 e. The number of hydrogen-bond acceptors (Lipinski definition) is 4. The van der Waals surface area contributed by atoms with E-state index in [1.807, 2.05) is 0 Å². The molecule has 1 rings (SSSR count). The lowest BCUT2D eigenvalue weighted by molar-refractivity contribution is 0.602. The molecule has 0 spiro atoms. The van der Waals surface area contributed by atoms with Gasteiger partial charge in [-0.05, 0) is 24.3 Å². The fraction of sp³-hybridized carbons (Fsp3) is 0.125. The Kier molecular flexibility index (Phi) is 2.76. The topological polar surface area (TPSA) is 98.5 Å². The zero-order valence-corrected chi connectivity index (χ0v) is 8.45. The highest BCUT2D eigenvalue weighted by molar-refractivity contribution is 7.90. The molecule has 0 amide bonds. The Balaban J connectivity index is 3.14. The van der Waals surface area contributed by atoms with Gasteiger partial charge in [0, 0.05) is 11.8 Å². The second-order valence-corrected chi connectivity index (χ2v) is 4.83. The largest absolute Gasteiger partial charge is 0.382 e. The summed E-state index contributed by atoms with van der Waals surface area (Å²) < 4.78 is 22.2. The second-order valence-electron chi connectivity index (χ2n) is 2.81. The van der Waals surface area contributed by atoms with Crippen LogP contribution in [0.2, 0.25) is 0 Å². The van der Waals surface area contributed by atoms with Gasteiger partial charge in [-0.15, -0.1) is 0 Å². The van der Waals surface area contributed by atoms with Crippen molar-refractivity contribution >= 4 is 15.7 Å². The fourth-order valence-electron chi connectivity index (χ4n) is 0.947. The van der Waals surface area contributed by atoms with Gasteiger partial charge in [0.2, 0.25) is 0 Å². The molecular weight excluding hydrogens is 202 g/mol. The summed E-state index contributed by atoms with van der Waals surface area (Å²) in [5.41, 5.74) is 6.03. The smallest absolute Gasteiger partial charge is 0.175 e. The van der Waals surface area contributed by atoms with Crippen LogP contribution in [0.15, 0.2) is 34.3 Å². The molecule has 0 saturated carbocycles. The highest BCUT2D eigenvalue weighted by Crippen LogP contribution is 2.09. The first-order valence-corrected chi connectivity index (χ1v) is 5.68. The van der Waals surface area contributed by atoms with Gasteiger partial charge in [0.25, 0.3) is 0 Å². The standard InChI is InChI=1S/C8H11N3O2S/c1-14(12,13)7-4-2-6(3-5-7)8(9)11-10/h2-5H,10H2,1H3,(H2,9,11). The first-order chi connectivity index (χ1) is 6.45. The molecule has 1 aromatic carbocycles. The lowest BCUT2D eigenvalue weighted by Crippen LogP contribution is -2.15. The Hall–Kier alpha value is -1.56. The number of hydrazone groups is 1. The Bertz CT molecular complexity index is 448. The van der Waals surface area contributed by atoms with Gasteiger partial charge in [-0.1, -0.05) is 0 Å². The molecule has 0 atom stereocenters.